The predicted octanol–water partition coefficient (Wildman–Crippen LogP) is 1.00. The van der Waals surface area contributed by atoms with Crippen LogP contribution >= 0.6 is 0 Å². The molecule has 0 aliphatic heterocycles. The maximum atomic E-state index is 11.4. The minimum Gasteiger partial charge on any atom is -0.423 e. The lowest BCUT2D eigenvalue weighted by molar-refractivity contribution is 0.483. The van der Waals surface area contributed by atoms with Crippen LogP contribution in [0.1, 0.15) is 5.56 Å². The van der Waals surface area contributed by atoms with Crippen LogP contribution in [0.15, 0.2) is 33.4 Å². The summed E-state index contributed by atoms with van der Waals surface area (Å²) in [4.78, 5) is 10.0. The van der Waals surface area contributed by atoms with E-state index in [0.717, 1.165) is 12.5 Å². The topological polar surface area (TPSA) is 112 Å². The van der Waals surface area contributed by atoms with Crippen LogP contribution in [0.4, 0.5) is 0 Å². The van der Waals surface area contributed by atoms with Crippen LogP contribution in [-0.2, 0) is 15.1 Å². The lowest BCUT2D eigenvalue weighted by Gasteiger charge is -2.08. The molecule has 9 heteroatoms. The van der Waals surface area contributed by atoms with Gasteiger partial charge in [-0.1, -0.05) is 12.1 Å². The van der Waals surface area contributed by atoms with E-state index >= 15 is 0 Å². The van der Waals surface area contributed by atoms with E-state index < -0.39 is 10.3 Å². The summed E-state index contributed by atoms with van der Waals surface area (Å²) in [6.45, 7) is 1.62. The highest BCUT2D eigenvalue weighted by atomic mass is 32.2. The van der Waals surface area contributed by atoms with Crippen LogP contribution in [0.25, 0.3) is 11.5 Å². The summed E-state index contributed by atoms with van der Waals surface area (Å²) in [5, 5.41) is 7.16. The Morgan fingerprint density at radius 2 is 2.21 bits per heavy atom. The largest absolute Gasteiger partial charge is 0.439 e. The van der Waals surface area contributed by atoms with Crippen molar-refractivity contribution in [2.45, 2.75) is 6.92 Å². The number of carbonyl (C=O) groups excluding carboxylic acids is 1. The van der Waals surface area contributed by atoms with Crippen LogP contribution in [0.5, 0.6) is 5.75 Å². The van der Waals surface area contributed by atoms with Crippen molar-refractivity contribution in [3.8, 4) is 17.2 Å². The average Bonchev–Trinajstić information content (AvgIpc) is 2.85. The maximum absolute atomic E-state index is 11.4. The second-order valence-electron chi connectivity index (χ2n) is 3.39. The number of nitrogens with zero attached hydrogens (tertiary/aromatic N) is 3. The average molecular weight is 281 g/mol. The molecule has 0 saturated carbocycles. The Hall–Kier alpha value is -2.51. The number of aromatic nitrogens is 2. The van der Waals surface area contributed by atoms with Gasteiger partial charge in [0, 0.05) is 0 Å². The maximum Gasteiger partial charge on any atom is 0.439 e. The third-order valence-electron chi connectivity index (χ3n) is 2.14. The van der Waals surface area contributed by atoms with Gasteiger partial charge in [0.15, 0.2) is 5.75 Å². The zero-order valence-electron chi connectivity index (χ0n) is 9.60. The second-order valence-corrected chi connectivity index (χ2v) is 4.59. The summed E-state index contributed by atoms with van der Waals surface area (Å²) >= 11 is 0. The first-order chi connectivity index (χ1) is 9.03. The first-order valence-corrected chi connectivity index (χ1v) is 6.30. The highest BCUT2D eigenvalue weighted by Gasteiger charge is 2.19. The van der Waals surface area contributed by atoms with Crippen molar-refractivity contribution >= 4 is 16.4 Å². The fraction of sp³-hybridized carbons (Fsp3) is 0.100. The van der Waals surface area contributed by atoms with Gasteiger partial charge in [-0.05, 0) is 23.0 Å². The number of hydrogen-bond acceptors (Lipinski definition) is 7. The second kappa shape index (κ2) is 5.01. The van der Waals surface area contributed by atoms with Crippen molar-refractivity contribution in [1.82, 2.24) is 10.2 Å². The normalized spacial score (nSPS) is 10.8. The SMILES string of the molecule is Cc1cccc(-c2nnco2)c1OS(=O)(=O)N=C=O. The van der Waals surface area contributed by atoms with E-state index in [9.17, 15) is 13.2 Å². The van der Waals surface area contributed by atoms with Crippen molar-refractivity contribution in [3.63, 3.8) is 0 Å². The first-order valence-electron chi connectivity index (χ1n) is 4.93. The number of aryl methyl sites for hydroxylation is 1. The molecule has 0 bridgehead atoms. The molecule has 8 nitrogen and oxygen atoms in total. The van der Waals surface area contributed by atoms with E-state index in [0.29, 0.717) is 5.56 Å². The minimum atomic E-state index is -4.41. The summed E-state index contributed by atoms with van der Waals surface area (Å²) in [7, 11) is -4.41. The van der Waals surface area contributed by atoms with Crippen LogP contribution in [-0.4, -0.2) is 24.7 Å². The van der Waals surface area contributed by atoms with Gasteiger partial charge in [-0.25, -0.2) is 4.79 Å². The number of isocyanates is 1. The lowest BCUT2D eigenvalue weighted by Crippen LogP contribution is -2.07. The fourth-order valence-corrected chi connectivity index (χ4v) is 1.95. The first kappa shape index (κ1) is 12.9. The van der Waals surface area contributed by atoms with Gasteiger partial charge < -0.3 is 8.60 Å². The molecular formula is C10H7N3O5S. The highest BCUT2D eigenvalue weighted by molar-refractivity contribution is 7.85. The summed E-state index contributed by atoms with van der Waals surface area (Å²) < 4.78 is 35.0. The summed E-state index contributed by atoms with van der Waals surface area (Å²) in [6, 6.07) is 4.82. The molecule has 0 fully saturated rings. The van der Waals surface area contributed by atoms with Gasteiger partial charge in [-0.2, -0.15) is 8.42 Å². The molecule has 1 heterocycles. The fourth-order valence-electron chi connectivity index (χ4n) is 1.39. The van der Waals surface area contributed by atoms with Gasteiger partial charge in [0.05, 0.1) is 5.56 Å². The molecule has 1 aromatic heterocycles. The molecule has 0 spiro atoms. The van der Waals surface area contributed by atoms with Gasteiger partial charge in [-0.15, -0.1) is 10.2 Å². The molecule has 0 aliphatic rings. The lowest BCUT2D eigenvalue weighted by atomic mass is 10.1. The van der Waals surface area contributed by atoms with E-state index in [1.54, 1.807) is 19.1 Å². The van der Waals surface area contributed by atoms with Gasteiger partial charge in [0.25, 0.3) is 12.0 Å². The minimum absolute atomic E-state index is 0.0363. The van der Waals surface area contributed by atoms with Gasteiger partial charge in [0.2, 0.25) is 6.39 Å². The third kappa shape index (κ3) is 2.84. The third-order valence-corrected chi connectivity index (χ3v) is 2.82. The van der Waals surface area contributed by atoms with Crippen molar-refractivity contribution in [3.05, 3.63) is 30.2 Å². The molecule has 0 N–H and O–H groups in total. The smallest absolute Gasteiger partial charge is 0.423 e. The van der Waals surface area contributed by atoms with Crippen molar-refractivity contribution in [2.75, 3.05) is 0 Å². The van der Waals surface area contributed by atoms with Crippen LogP contribution in [0.2, 0.25) is 0 Å². The highest BCUT2D eigenvalue weighted by Crippen LogP contribution is 2.32. The Kier molecular flexibility index (Phi) is 3.41. The van der Waals surface area contributed by atoms with Crippen molar-refractivity contribution in [1.29, 1.82) is 0 Å². The standard InChI is InChI=1S/C10H7N3O5S/c1-7-3-2-4-8(10-13-11-6-17-10)9(7)18-19(15,16)12-5-14/h2-4,6H,1H3. The molecule has 0 amide bonds. The van der Waals surface area contributed by atoms with Crippen molar-refractivity contribution < 1.29 is 21.8 Å². The zero-order valence-corrected chi connectivity index (χ0v) is 10.4. The molecule has 2 aromatic rings. The van der Waals surface area contributed by atoms with E-state index in [1.807, 2.05) is 0 Å². The molecule has 0 radical (unpaired) electrons. The van der Waals surface area contributed by atoms with E-state index in [1.165, 1.54) is 6.07 Å². The molecular weight excluding hydrogens is 274 g/mol. The summed E-state index contributed by atoms with van der Waals surface area (Å²) in [5.74, 6) is 0.0507. The molecule has 0 atom stereocenters. The Morgan fingerprint density at radius 1 is 1.42 bits per heavy atom. The molecule has 0 unspecified atom stereocenters. The molecule has 19 heavy (non-hydrogen) atoms. The zero-order chi connectivity index (χ0) is 13.9. The van der Waals surface area contributed by atoms with Crippen LogP contribution < -0.4 is 4.18 Å². The Balaban J connectivity index is 2.54. The van der Waals surface area contributed by atoms with Crippen molar-refractivity contribution in [2.24, 2.45) is 4.40 Å². The Labute approximate surface area is 108 Å². The van der Waals surface area contributed by atoms with Gasteiger partial charge in [0.1, 0.15) is 0 Å². The number of rotatable bonds is 4. The number of para-hydroxylation sites is 1. The Bertz CT molecular complexity index is 733. The molecule has 0 saturated heterocycles. The Morgan fingerprint density at radius 3 is 2.84 bits per heavy atom. The van der Waals surface area contributed by atoms with Gasteiger partial charge >= 0.3 is 10.3 Å². The predicted molar refractivity (Wildman–Crippen MR) is 62.1 cm³/mol. The quantitative estimate of drug-likeness (QED) is 0.607. The van der Waals surface area contributed by atoms with Crippen LogP contribution in [0.3, 0.4) is 0 Å². The number of hydrogen-bond donors (Lipinski definition) is 0. The number of benzene rings is 1. The molecule has 1 aromatic carbocycles. The van der Waals surface area contributed by atoms with E-state index in [4.69, 9.17) is 8.60 Å². The molecule has 2 rings (SSSR count). The van der Waals surface area contributed by atoms with E-state index in [2.05, 4.69) is 14.6 Å². The van der Waals surface area contributed by atoms with E-state index in [-0.39, 0.29) is 17.2 Å². The molecule has 98 valence electrons. The molecule has 0 aliphatic carbocycles. The van der Waals surface area contributed by atoms with Crippen LogP contribution in [0, 0.1) is 6.92 Å². The monoisotopic (exact) mass is 281 g/mol. The summed E-state index contributed by atoms with van der Waals surface area (Å²) in [6.07, 6.45) is 2.01. The van der Waals surface area contributed by atoms with Gasteiger partial charge in [-0.3, -0.25) is 0 Å². The summed E-state index contributed by atoms with van der Waals surface area (Å²) in [5.41, 5.74) is 0.780.